The van der Waals surface area contributed by atoms with Crippen molar-refractivity contribution in [3.05, 3.63) is 448 Å². The lowest BCUT2D eigenvalue weighted by molar-refractivity contribution is 0.660. The summed E-state index contributed by atoms with van der Waals surface area (Å²) in [6.45, 7) is 4.72. The molecule has 0 atom stereocenters. The highest BCUT2D eigenvalue weighted by atomic mass is 15.0. The van der Waals surface area contributed by atoms with Crippen LogP contribution in [0.5, 0.6) is 0 Å². The van der Waals surface area contributed by atoms with E-state index < -0.39 is 0 Å². The lowest BCUT2D eigenvalue weighted by Crippen LogP contribution is -2.14. The Morgan fingerprint density at radius 2 is 0.471 bits per heavy atom. The molecule has 2 nitrogen and oxygen atoms in total. The van der Waals surface area contributed by atoms with Gasteiger partial charge in [-0.3, -0.25) is 0 Å². The van der Waals surface area contributed by atoms with Crippen LogP contribution >= 0.6 is 0 Å². The van der Waals surface area contributed by atoms with Crippen molar-refractivity contribution in [1.29, 1.82) is 0 Å². The van der Waals surface area contributed by atoms with E-state index in [9.17, 15) is 0 Å². The van der Waals surface area contributed by atoms with Crippen molar-refractivity contribution >= 4 is 130 Å². The van der Waals surface area contributed by atoms with Gasteiger partial charge < -0.3 is 9.13 Å². The van der Waals surface area contributed by atoms with Gasteiger partial charge in [0.25, 0.3) is 0 Å². The molecule has 0 amide bonds. The lowest BCUT2D eigenvalue weighted by atomic mass is 9.81. The fraction of sp³-hybridized carbons (Fsp3) is 0.0252. The summed E-state index contributed by atoms with van der Waals surface area (Å²) in [6.07, 6.45) is 0. The van der Waals surface area contributed by atoms with Crippen molar-refractivity contribution < 1.29 is 0 Å². The molecule has 0 unspecified atom stereocenters. The third-order valence-electron chi connectivity index (χ3n) is 26.3. The number of benzene rings is 22. The van der Waals surface area contributed by atoms with Crippen LogP contribution in [0.25, 0.3) is 230 Å². The van der Waals surface area contributed by atoms with Crippen LogP contribution in [0.4, 0.5) is 0 Å². The van der Waals surface area contributed by atoms with Crippen LogP contribution in [0.3, 0.4) is 0 Å². The standard InChI is InChI=1S/C61H41N.C58H37N/c1-61(2)54-23-13-12-18-47(54)48-33-27-42(37-55(48)61)41-26-32-46-43(36-41)28-34-53-59-45-17-7-6-14-38(45)29-35-56(59)62(60(46)53)44-30-24-40(25-31-44)58-51-21-10-8-19-49(51)57(39-15-4-3-5-16-39)50-20-9-11-22-52(50)58;1-3-14-38(15-4-1)42-19-13-20-43(36-42)44-29-33-47-45(37-44)30-35-54-57(47)53-34-28-39-16-7-8-21-48(39)58(53)59(54)46-31-26-41(27-32-46)56-51-24-11-9-22-49(51)55(40-17-5-2-6-18-40)50-23-10-12-25-52(50)56/h3-37H,1-2H3;1-37H. The number of hydrogen-bond acceptors (Lipinski definition) is 0. The topological polar surface area (TPSA) is 9.86 Å². The van der Waals surface area contributed by atoms with Gasteiger partial charge in [0.15, 0.2) is 0 Å². The van der Waals surface area contributed by atoms with Crippen molar-refractivity contribution in [2.75, 3.05) is 0 Å². The molecule has 564 valence electrons. The van der Waals surface area contributed by atoms with E-state index >= 15 is 0 Å². The molecule has 0 aliphatic heterocycles. The Hall–Kier alpha value is -15.5. The van der Waals surface area contributed by atoms with Crippen molar-refractivity contribution in [2.24, 2.45) is 0 Å². The van der Waals surface area contributed by atoms with Gasteiger partial charge in [-0.25, -0.2) is 0 Å². The maximum atomic E-state index is 2.51. The van der Waals surface area contributed by atoms with E-state index in [1.807, 2.05) is 0 Å². The summed E-state index contributed by atoms with van der Waals surface area (Å²) >= 11 is 0. The van der Waals surface area contributed by atoms with E-state index in [1.165, 1.54) is 230 Å². The van der Waals surface area contributed by atoms with Gasteiger partial charge in [0.1, 0.15) is 0 Å². The summed E-state index contributed by atoms with van der Waals surface area (Å²) in [7, 11) is 0. The molecule has 22 aromatic carbocycles. The van der Waals surface area contributed by atoms with E-state index in [2.05, 4.69) is 460 Å². The molecule has 2 aromatic heterocycles. The summed E-state index contributed by atoms with van der Waals surface area (Å²) in [5.41, 5.74) is 30.1. The van der Waals surface area contributed by atoms with Crippen molar-refractivity contribution in [3.8, 4) is 100 Å². The molecule has 1 aliphatic carbocycles. The van der Waals surface area contributed by atoms with Crippen LogP contribution in [0.2, 0.25) is 0 Å². The molecular weight excluding hydrogens is 1460 g/mol. The van der Waals surface area contributed by atoms with Crippen molar-refractivity contribution in [3.63, 3.8) is 0 Å². The monoisotopic (exact) mass is 1530 g/mol. The molecule has 0 saturated heterocycles. The summed E-state index contributed by atoms with van der Waals surface area (Å²) in [6, 6.07) is 162. The zero-order chi connectivity index (χ0) is 80.0. The minimum absolute atomic E-state index is 0.0456. The Kier molecular flexibility index (Phi) is 16.1. The first kappa shape index (κ1) is 69.8. The number of rotatable bonds is 9. The molecule has 0 fully saturated rings. The highest BCUT2D eigenvalue weighted by Crippen LogP contribution is 2.52. The van der Waals surface area contributed by atoms with Gasteiger partial charge >= 0.3 is 0 Å². The molecule has 2 heterocycles. The van der Waals surface area contributed by atoms with Crippen LogP contribution in [-0.2, 0) is 5.41 Å². The van der Waals surface area contributed by atoms with Crippen molar-refractivity contribution in [2.45, 2.75) is 19.3 Å². The molecule has 24 aromatic rings. The zero-order valence-corrected chi connectivity index (χ0v) is 67.0. The summed E-state index contributed by atoms with van der Waals surface area (Å²) in [5, 5.41) is 25.2. The number of fused-ring (bicyclic) bond motifs is 21. The van der Waals surface area contributed by atoms with Gasteiger partial charge in [-0.05, 0) is 236 Å². The lowest BCUT2D eigenvalue weighted by Gasteiger charge is -2.22. The van der Waals surface area contributed by atoms with Gasteiger partial charge in [-0.1, -0.05) is 390 Å². The first-order chi connectivity index (χ1) is 59.8. The molecule has 25 rings (SSSR count). The highest BCUT2D eigenvalue weighted by Gasteiger charge is 2.36. The Morgan fingerprint density at radius 1 is 0.174 bits per heavy atom. The van der Waals surface area contributed by atoms with Crippen LogP contribution in [0, 0.1) is 0 Å². The van der Waals surface area contributed by atoms with Gasteiger partial charge in [0.05, 0.1) is 22.1 Å². The van der Waals surface area contributed by atoms with Crippen LogP contribution in [-0.4, -0.2) is 9.13 Å². The number of hydrogen-bond donors (Lipinski definition) is 0. The third-order valence-corrected chi connectivity index (χ3v) is 26.3. The molecule has 0 spiro atoms. The summed E-state index contributed by atoms with van der Waals surface area (Å²) < 4.78 is 4.99. The van der Waals surface area contributed by atoms with Crippen LogP contribution in [0.15, 0.2) is 437 Å². The average molecular weight is 1540 g/mol. The van der Waals surface area contributed by atoms with Gasteiger partial charge in [-0.2, -0.15) is 0 Å². The van der Waals surface area contributed by atoms with Crippen LogP contribution in [0.1, 0.15) is 25.0 Å². The van der Waals surface area contributed by atoms with Crippen LogP contribution < -0.4 is 0 Å². The van der Waals surface area contributed by atoms with E-state index in [-0.39, 0.29) is 5.41 Å². The Labute approximate surface area is 701 Å². The first-order valence-electron chi connectivity index (χ1n) is 42.2. The van der Waals surface area contributed by atoms with E-state index in [4.69, 9.17) is 0 Å². The van der Waals surface area contributed by atoms with Crippen molar-refractivity contribution in [1.82, 2.24) is 9.13 Å². The second-order valence-electron chi connectivity index (χ2n) is 33.2. The smallest absolute Gasteiger partial charge is 0.0619 e. The Morgan fingerprint density at radius 3 is 0.967 bits per heavy atom. The zero-order valence-electron chi connectivity index (χ0n) is 67.0. The quantitative estimate of drug-likeness (QED) is 0.128. The maximum Gasteiger partial charge on any atom is 0.0619 e. The molecule has 0 saturated carbocycles. The number of aromatic nitrogens is 2. The summed E-state index contributed by atoms with van der Waals surface area (Å²) in [4.78, 5) is 0. The van der Waals surface area contributed by atoms with E-state index in [1.54, 1.807) is 0 Å². The van der Waals surface area contributed by atoms with E-state index in [0.717, 1.165) is 11.4 Å². The van der Waals surface area contributed by atoms with E-state index in [0.29, 0.717) is 0 Å². The Balaban J connectivity index is 0.000000137. The highest BCUT2D eigenvalue weighted by molar-refractivity contribution is 6.29. The first-order valence-corrected chi connectivity index (χ1v) is 42.2. The SMILES string of the molecule is CC1(C)c2ccccc2-c2ccc(-c3ccc4c(ccc5c6c7ccccc7ccc6n(-c6ccc(-c7c8ccccc8c(-c8ccccc8)c8ccccc78)cc6)c45)c3)cc21.c1ccc(-c2cccc(-c3ccc4c(ccc5c4c4ccc6ccccc6c4n5-c4ccc(-c5c6ccccc6c(-c6ccccc6)c6ccccc56)cc4)c3)c2)cc1. The fourth-order valence-corrected chi connectivity index (χ4v) is 20.8. The number of nitrogens with zero attached hydrogens (tertiary/aromatic N) is 2. The molecule has 0 N–H and O–H groups in total. The predicted molar refractivity (Wildman–Crippen MR) is 517 cm³/mol. The predicted octanol–water partition coefficient (Wildman–Crippen LogP) is 32.8. The molecular formula is C119H78N2. The fourth-order valence-electron chi connectivity index (χ4n) is 20.8. The molecule has 121 heavy (non-hydrogen) atoms. The van der Waals surface area contributed by atoms with Gasteiger partial charge in [0.2, 0.25) is 0 Å². The normalized spacial score (nSPS) is 12.4. The van der Waals surface area contributed by atoms with Gasteiger partial charge in [0, 0.05) is 49.1 Å². The summed E-state index contributed by atoms with van der Waals surface area (Å²) in [5.74, 6) is 0. The minimum atomic E-state index is -0.0456. The van der Waals surface area contributed by atoms with Gasteiger partial charge in [-0.15, -0.1) is 0 Å². The average Bonchev–Trinajstić information content (AvgIpc) is 1.54. The maximum absolute atomic E-state index is 2.51. The molecule has 1 aliphatic rings. The molecule has 0 radical (unpaired) electrons. The second kappa shape index (κ2) is 27.9. The second-order valence-corrected chi connectivity index (χ2v) is 33.2. The largest absolute Gasteiger partial charge is 0.309 e. The minimum Gasteiger partial charge on any atom is -0.309 e. The molecule has 0 bridgehead atoms. The molecule has 2 heteroatoms. The third kappa shape index (κ3) is 11.1. The Bertz CT molecular complexity index is 8260.